The first-order chi connectivity index (χ1) is 9.29. The van der Waals surface area contributed by atoms with Crippen molar-refractivity contribution in [2.24, 2.45) is 5.14 Å². The Morgan fingerprint density at radius 2 is 1.75 bits per heavy atom. The molecule has 0 aliphatic rings. The molecule has 0 saturated heterocycles. The van der Waals surface area contributed by atoms with E-state index in [1.165, 1.54) is 24.3 Å². The predicted octanol–water partition coefficient (Wildman–Crippen LogP) is -0.392. The Bertz CT molecular complexity index is 583. The van der Waals surface area contributed by atoms with Crippen LogP contribution in [0.15, 0.2) is 29.2 Å². The molecular weight excluding hydrogens is 286 g/mol. The van der Waals surface area contributed by atoms with Crippen molar-refractivity contribution < 1.29 is 23.1 Å². The second-order valence-electron chi connectivity index (χ2n) is 3.94. The van der Waals surface area contributed by atoms with Gasteiger partial charge >= 0.3 is 12.0 Å². The number of urea groups is 1. The first kappa shape index (κ1) is 15.9. The zero-order valence-electron chi connectivity index (χ0n) is 10.5. The van der Waals surface area contributed by atoms with E-state index in [9.17, 15) is 18.0 Å². The Morgan fingerprint density at radius 3 is 2.25 bits per heavy atom. The molecule has 0 bridgehead atoms. The van der Waals surface area contributed by atoms with Gasteiger partial charge in [0, 0.05) is 13.1 Å². The maximum Gasteiger partial charge on any atom is 0.315 e. The van der Waals surface area contributed by atoms with Crippen LogP contribution in [0.25, 0.3) is 0 Å². The molecule has 2 amide bonds. The molecule has 0 unspecified atom stereocenters. The SMILES string of the molecule is NS(=O)(=O)c1ccc(CNC(=O)NCCC(=O)O)cc1. The number of sulfonamides is 1. The zero-order chi connectivity index (χ0) is 15.2. The summed E-state index contributed by atoms with van der Waals surface area (Å²) in [5, 5.41) is 18.2. The molecule has 9 heteroatoms. The minimum atomic E-state index is -3.73. The number of carbonyl (C=O) groups is 2. The zero-order valence-corrected chi connectivity index (χ0v) is 11.3. The van der Waals surface area contributed by atoms with E-state index in [0.717, 1.165) is 0 Å². The fourth-order valence-corrected chi connectivity index (χ4v) is 1.84. The third kappa shape index (κ3) is 5.67. The number of nitrogens with two attached hydrogens (primary N) is 1. The highest BCUT2D eigenvalue weighted by Crippen LogP contribution is 2.08. The molecule has 0 heterocycles. The number of carboxylic acids is 1. The summed E-state index contributed by atoms with van der Waals surface area (Å²) >= 11 is 0. The number of amides is 2. The fraction of sp³-hybridized carbons (Fsp3) is 0.273. The number of carbonyl (C=O) groups excluding carboxylic acids is 1. The molecule has 0 aromatic heterocycles. The molecule has 1 aromatic carbocycles. The van der Waals surface area contributed by atoms with Crippen LogP contribution >= 0.6 is 0 Å². The molecular formula is C11H15N3O5S. The molecule has 0 radical (unpaired) electrons. The lowest BCUT2D eigenvalue weighted by atomic mass is 10.2. The molecule has 0 aliphatic carbocycles. The van der Waals surface area contributed by atoms with Gasteiger partial charge in [0.15, 0.2) is 0 Å². The maximum atomic E-state index is 11.3. The molecule has 1 aromatic rings. The lowest BCUT2D eigenvalue weighted by molar-refractivity contribution is -0.136. The van der Waals surface area contributed by atoms with Crippen molar-refractivity contribution in [3.63, 3.8) is 0 Å². The minimum absolute atomic E-state index is 0.00726. The largest absolute Gasteiger partial charge is 0.481 e. The highest BCUT2D eigenvalue weighted by Gasteiger charge is 2.07. The van der Waals surface area contributed by atoms with E-state index >= 15 is 0 Å². The summed E-state index contributed by atoms with van der Waals surface area (Å²) in [6.07, 6.45) is -0.156. The summed E-state index contributed by atoms with van der Waals surface area (Å²) in [4.78, 5) is 21.5. The highest BCUT2D eigenvalue weighted by molar-refractivity contribution is 7.89. The number of primary sulfonamides is 1. The molecule has 0 spiro atoms. The van der Waals surface area contributed by atoms with Crippen LogP contribution in [0.4, 0.5) is 4.79 Å². The van der Waals surface area contributed by atoms with Crippen molar-refractivity contribution in [1.29, 1.82) is 0 Å². The number of rotatable bonds is 6. The molecule has 1 rings (SSSR count). The maximum absolute atomic E-state index is 11.3. The Kier molecular flexibility index (Phi) is 5.47. The van der Waals surface area contributed by atoms with E-state index < -0.39 is 22.0 Å². The van der Waals surface area contributed by atoms with E-state index in [1.807, 2.05) is 0 Å². The molecule has 0 atom stereocenters. The summed E-state index contributed by atoms with van der Waals surface area (Å²) in [6, 6.07) is 5.24. The summed E-state index contributed by atoms with van der Waals surface area (Å²) < 4.78 is 22.1. The van der Waals surface area contributed by atoms with E-state index in [2.05, 4.69) is 10.6 Å². The molecule has 5 N–H and O–H groups in total. The summed E-state index contributed by atoms with van der Waals surface area (Å²) in [7, 11) is -3.73. The van der Waals surface area contributed by atoms with E-state index in [4.69, 9.17) is 10.2 Å². The third-order valence-electron chi connectivity index (χ3n) is 2.33. The van der Waals surface area contributed by atoms with Crippen LogP contribution in [-0.2, 0) is 21.4 Å². The molecule has 0 aliphatic heterocycles. The van der Waals surface area contributed by atoms with Gasteiger partial charge in [-0.2, -0.15) is 0 Å². The van der Waals surface area contributed by atoms with Gasteiger partial charge in [0.05, 0.1) is 11.3 Å². The summed E-state index contributed by atoms with van der Waals surface area (Å²) in [5.41, 5.74) is 0.686. The molecule has 20 heavy (non-hydrogen) atoms. The number of aliphatic carboxylic acids is 1. The third-order valence-corrected chi connectivity index (χ3v) is 3.26. The van der Waals surface area contributed by atoms with Gasteiger partial charge in [-0.25, -0.2) is 18.4 Å². The van der Waals surface area contributed by atoms with E-state index in [1.54, 1.807) is 0 Å². The number of benzene rings is 1. The van der Waals surface area contributed by atoms with Crippen LogP contribution < -0.4 is 15.8 Å². The second kappa shape index (κ2) is 6.87. The van der Waals surface area contributed by atoms with Gasteiger partial charge in [-0.3, -0.25) is 4.79 Å². The monoisotopic (exact) mass is 301 g/mol. The van der Waals surface area contributed by atoms with Crippen LogP contribution in [0.5, 0.6) is 0 Å². The smallest absolute Gasteiger partial charge is 0.315 e. The topological polar surface area (TPSA) is 139 Å². The number of hydrogen-bond acceptors (Lipinski definition) is 4. The van der Waals surface area contributed by atoms with Crippen LogP contribution in [0, 0.1) is 0 Å². The Hall–Kier alpha value is -2.13. The van der Waals surface area contributed by atoms with Crippen molar-refractivity contribution in [2.45, 2.75) is 17.9 Å². The molecule has 8 nitrogen and oxygen atoms in total. The van der Waals surface area contributed by atoms with Gasteiger partial charge in [0.1, 0.15) is 0 Å². The normalized spacial score (nSPS) is 10.8. The van der Waals surface area contributed by atoms with Gasteiger partial charge in [-0.05, 0) is 17.7 Å². The van der Waals surface area contributed by atoms with Crippen molar-refractivity contribution in [3.05, 3.63) is 29.8 Å². The Morgan fingerprint density at radius 1 is 1.15 bits per heavy atom. The van der Waals surface area contributed by atoms with Crippen molar-refractivity contribution in [3.8, 4) is 0 Å². The average molecular weight is 301 g/mol. The van der Waals surface area contributed by atoms with Gasteiger partial charge in [0.2, 0.25) is 10.0 Å². The Balaban J connectivity index is 2.42. The van der Waals surface area contributed by atoms with Crippen LogP contribution in [0.1, 0.15) is 12.0 Å². The number of hydrogen-bond donors (Lipinski definition) is 4. The molecule has 0 fully saturated rings. The van der Waals surface area contributed by atoms with Gasteiger partial charge in [0.25, 0.3) is 0 Å². The second-order valence-corrected chi connectivity index (χ2v) is 5.50. The van der Waals surface area contributed by atoms with Gasteiger partial charge in [-0.1, -0.05) is 12.1 Å². The lowest BCUT2D eigenvalue weighted by Crippen LogP contribution is -2.36. The molecule has 110 valence electrons. The van der Waals surface area contributed by atoms with Crippen LogP contribution in [0.2, 0.25) is 0 Å². The highest BCUT2D eigenvalue weighted by atomic mass is 32.2. The Labute approximate surface area is 116 Å². The first-order valence-corrected chi connectivity index (χ1v) is 7.19. The fourth-order valence-electron chi connectivity index (χ4n) is 1.32. The van der Waals surface area contributed by atoms with Gasteiger partial charge in [-0.15, -0.1) is 0 Å². The van der Waals surface area contributed by atoms with Crippen molar-refractivity contribution >= 4 is 22.0 Å². The minimum Gasteiger partial charge on any atom is -0.481 e. The van der Waals surface area contributed by atoms with Crippen LogP contribution in [-0.4, -0.2) is 32.1 Å². The molecule has 0 saturated carbocycles. The van der Waals surface area contributed by atoms with Crippen LogP contribution in [0.3, 0.4) is 0 Å². The first-order valence-electron chi connectivity index (χ1n) is 5.64. The van der Waals surface area contributed by atoms with E-state index in [-0.39, 0.29) is 24.4 Å². The number of carboxylic acid groups (broad SMARTS) is 1. The van der Waals surface area contributed by atoms with Crippen molar-refractivity contribution in [1.82, 2.24) is 10.6 Å². The average Bonchev–Trinajstić information content (AvgIpc) is 2.35. The predicted molar refractivity (Wildman–Crippen MR) is 70.3 cm³/mol. The van der Waals surface area contributed by atoms with Gasteiger partial charge < -0.3 is 15.7 Å². The summed E-state index contributed by atoms with van der Waals surface area (Å²) in [5.74, 6) is -0.996. The van der Waals surface area contributed by atoms with Crippen molar-refractivity contribution in [2.75, 3.05) is 6.54 Å². The number of nitrogens with one attached hydrogen (secondary N) is 2. The quantitative estimate of drug-likeness (QED) is 0.566. The summed E-state index contributed by atoms with van der Waals surface area (Å²) in [6.45, 7) is 0.218. The standard InChI is InChI=1S/C11H15N3O5S/c12-20(18,19)9-3-1-8(2-4-9)7-14-11(17)13-6-5-10(15)16/h1-4H,5-7H2,(H,15,16)(H2,12,18,19)(H2,13,14,17). The van der Waals surface area contributed by atoms with E-state index in [0.29, 0.717) is 5.56 Å². The lowest BCUT2D eigenvalue weighted by Gasteiger charge is -2.07.